The number of aliphatic hydroxyl groups excluding tert-OH is 1. The number of phenolic OH excluding ortho intramolecular Hbond substituents is 1. The molecule has 4 heteroatoms. The Hall–Kier alpha value is -3.08. The van der Waals surface area contributed by atoms with Crippen molar-refractivity contribution in [3.05, 3.63) is 95.6 Å². The van der Waals surface area contributed by atoms with E-state index in [1.54, 1.807) is 12.1 Å². The molecule has 1 heterocycles. The van der Waals surface area contributed by atoms with Gasteiger partial charge in [-0.05, 0) is 78.8 Å². The van der Waals surface area contributed by atoms with E-state index in [0.717, 1.165) is 54.9 Å². The Morgan fingerprint density at radius 3 is 1.74 bits per heavy atom. The maximum Gasteiger partial charge on any atom is 0.115 e. The molecule has 1 saturated heterocycles. The van der Waals surface area contributed by atoms with Crippen LogP contribution in [0.5, 0.6) is 5.75 Å². The molecular formula is C34H48N2O2. The molecule has 0 spiro atoms. The minimum absolute atomic E-state index is 0.153. The molecule has 0 saturated carbocycles. The molecule has 0 aliphatic carbocycles. The zero-order chi connectivity index (χ0) is 27.9. The van der Waals surface area contributed by atoms with Crippen LogP contribution in [0.25, 0.3) is 11.1 Å². The Kier molecular flexibility index (Phi) is 13.7. The second kappa shape index (κ2) is 16.7. The van der Waals surface area contributed by atoms with E-state index < -0.39 is 0 Å². The van der Waals surface area contributed by atoms with Crippen molar-refractivity contribution < 1.29 is 10.2 Å². The second-order valence-electron chi connectivity index (χ2n) is 9.26. The summed E-state index contributed by atoms with van der Waals surface area (Å²) >= 11 is 0. The van der Waals surface area contributed by atoms with Gasteiger partial charge in [0.2, 0.25) is 0 Å². The second-order valence-corrected chi connectivity index (χ2v) is 9.26. The number of allylic oxidation sites excluding steroid dienone is 1. The van der Waals surface area contributed by atoms with Crippen LogP contribution in [0.1, 0.15) is 71.1 Å². The topological polar surface area (TPSA) is 46.9 Å². The van der Waals surface area contributed by atoms with Crippen molar-refractivity contribution >= 4 is 16.8 Å². The number of aromatic hydroxyl groups is 1. The number of hydrogen-bond acceptors (Lipinski definition) is 4. The van der Waals surface area contributed by atoms with E-state index >= 15 is 0 Å². The highest BCUT2D eigenvalue weighted by Gasteiger charge is 2.20. The lowest BCUT2D eigenvalue weighted by Gasteiger charge is -2.38. The largest absolute Gasteiger partial charge is 0.508 e. The van der Waals surface area contributed by atoms with Gasteiger partial charge in [-0.1, -0.05) is 82.3 Å². The van der Waals surface area contributed by atoms with Crippen LogP contribution in [0, 0.1) is 0 Å². The minimum Gasteiger partial charge on any atom is -0.508 e. The molecule has 0 radical (unpaired) electrons. The molecule has 0 unspecified atom stereocenters. The number of nitrogens with zero attached hydrogens (tertiary/aromatic N) is 2. The average Bonchev–Trinajstić information content (AvgIpc) is 2.99. The predicted molar refractivity (Wildman–Crippen MR) is 165 cm³/mol. The zero-order valence-corrected chi connectivity index (χ0v) is 24.3. The Labute approximate surface area is 231 Å². The van der Waals surface area contributed by atoms with Crippen molar-refractivity contribution in [2.75, 3.05) is 37.7 Å². The first-order chi connectivity index (χ1) is 18.6. The molecule has 38 heavy (non-hydrogen) atoms. The lowest BCUT2D eigenvalue weighted by atomic mass is 9.87. The van der Waals surface area contributed by atoms with E-state index in [9.17, 15) is 10.2 Å². The number of anilines is 1. The van der Waals surface area contributed by atoms with Crippen molar-refractivity contribution in [3.8, 4) is 5.75 Å². The first-order valence-corrected chi connectivity index (χ1v) is 14.3. The van der Waals surface area contributed by atoms with Crippen LogP contribution >= 0.6 is 0 Å². The third-order valence-electron chi connectivity index (χ3n) is 6.73. The summed E-state index contributed by atoms with van der Waals surface area (Å²) < 4.78 is 0. The molecule has 0 amide bonds. The van der Waals surface area contributed by atoms with Gasteiger partial charge in [0.25, 0.3) is 0 Å². The summed E-state index contributed by atoms with van der Waals surface area (Å²) in [6.45, 7) is 17.0. The maximum absolute atomic E-state index is 9.88. The Morgan fingerprint density at radius 1 is 0.711 bits per heavy atom. The number of rotatable bonds is 8. The van der Waals surface area contributed by atoms with E-state index in [1.165, 1.54) is 11.3 Å². The quantitative estimate of drug-likeness (QED) is 0.301. The maximum atomic E-state index is 9.88. The van der Waals surface area contributed by atoms with Gasteiger partial charge in [-0.25, -0.2) is 0 Å². The van der Waals surface area contributed by atoms with Crippen molar-refractivity contribution in [1.29, 1.82) is 0 Å². The summed E-state index contributed by atoms with van der Waals surface area (Å²) in [7, 11) is 0. The number of benzene rings is 3. The van der Waals surface area contributed by atoms with Gasteiger partial charge in [-0.3, -0.25) is 4.90 Å². The molecule has 1 aliphatic heterocycles. The van der Waals surface area contributed by atoms with Crippen LogP contribution in [-0.4, -0.2) is 53.9 Å². The first-order valence-electron chi connectivity index (χ1n) is 14.3. The molecular weight excluding hydrogens is 468 g/mol. The number of phenols is 1. The predicted octanol–water partition coefficient (Wildman–Crippen LogP) is 7.71. The molecule has 206 valence electrons. The van der Waals surface area contributed by atoms with Gasteiger partial charge in [0.1, 0.15) is 5.75 Å². The van der Waals surface area contributed by atoms with Crippen molar-refractivity contribution in [2.24, 2.45) is 0 Å². The highest BCUT2D eigenvalue weighted by molar-refractivity contribution is 5.98. The highest BCUT2D eigenvalue weighted by Crippen LogP contribution is 2.36. The van der Waals surface area contributed by atoms with Crippen LogP contribution in [0.2, 0.25) is 0 Å². The monoisotopic (exact) mass is 516 g/mol. The number of hydrogen-bond donors (Lipinski definition) is 2. The van der Waals surface area contributed by atoms with Crippen molar-refractivity contribution in [2.45, 2.75) is 60.4 Å². The zero-order valence-electron chi connectivity index (χ0n) is 24.3. The van der Waals surface area contributed by atoms with Crippen molar-refractivity contribution in [3.63, 3.8) is 0 Å². The van der Waals surface area contributed by atoms with Crippen molar-refractivity contribution in [1.82, 2.24) is 4.90 Å². The molecule has 3 aromatic carbocycles. The Balaban J connectivity index is 0.00000121. The van der Waals surface area contributed by atoms with E-state index in [2.05, 4.69) is 72.2 Å². The Bertz CT molecular complexity index is 1070. The van der Waals surface area contributed by atoms with Crippen LogP contribution in [0.3, 0.4) is 0 Å². The number of piperazine rings is 1. The van der Waals surface area contributed by atoms with E-state index in [1.807, 2.05) is 45.9 Å². The summed E-state index contributed by atoms with van der Waals surface area (Å²) in [5.41, 5.74) is 6.98. The van der Waals surface area contributed by atoms with Gasteiger partial charge < -0.3 is 15.1 Å². The molecule has 0 aromatic heterocycles. The van der Waals surface area contributed by atoms with Gasteiger partial charge in [0.05, 0.1) is 0 Å². The molecule has 1 aliphatic rings. The molecule has 3 aromatic rings. The lowest BCUT2D eigenvalue weighted by Crippen LogP contribution is -2.48. The van der Waals surface area contributed by atoms with Gasteiger partial charge in [0.15, 0.2) is 0 Å². The highest BCUT2D eigenvalue weighted by atomic mass is 16.3. The fraction of sp³-hybridized carbons (Fsp3) is 0.412. The summed E-state index contributed by atoms with van der Waals surface area (Å²) in [5.74, 6) is 0.260. The smallest absolute Gasteiger partial charge is 0.115 e. The van der Waals surface area contributed by atoms with Crippen LogP contribution < -0.4 is 4.90 Å². The lowest BCUT2D eigenvalue weighted by molar-refractivity contribution is 0.209. The molecule has 1 fully saturated rings. The molecule has 0 atom stereocenters. The minimum atomic E-state index is 0.153. The van der Waals surface area contributed by atoms with Gasteiger partial charge in [-0.15, -0.1) is 0 Å². The first kappa shape index (κ1) is 31.1. The van der Waals surface area contributed by atoms with E-state index in [-0.39, 0.29) is 12.4 Å². The molecule has 4 nitrogen and oxygen atoms in total. The van der Waals surface area contributed by atoms with E-state index in [0.29, 0.717) is 12.5 Å². The fourth-order valence-corrected chi connectivity index (χ4v) is 4.79. The van der Waals surface area contributed by atoms with E-state index in [4.69, 9.17) is 0 Å². The Morgan fingerprint density at radius 2 is 1.24 bits per heavy atom. The molecule has 2 N–H and O–H groups in total. The van der Waals surface area contributed by atoms with Gasteiger partial charge in [0, 0.05) is 44.5 Å². The van der Waals surface area contributed by atoms with Gasteiger partial charge >= 0.3 is 0 Å². The fourth-order valence-electron chi connectivity index (χ4n) is 4.79. The third kappa shape index (κ3) is 8.47. The summed E-state index contributed by atoms with van der Waals surface area (Å²) in [6, 6.07) is 27.3. The normalized spacial score (nSPS) is 14.2. The SMILES string of the molecule is CC.CC.CC(C)N1CCN(c2ccc(/C(=C(/CCCO)c3ccccc3)c3ccc(O)cc3)cc2)CC1. The summed E-state index contributed by atoms with van der Waals surface area (Å²) in [5, 5.41) is 19.5. The summed E-state index contributed by atoms with van der Waals surface area (Å²) in [4.78, 5) is 5.00. The van der Waals surface area contributed by atoms with Crippen LogP contribution in [0.4, 0.5) is 5.69 Å². The van der Waals surface area contributed by atoms with Crippen LogP contribution in [0.15, 0.2) is 78.9 Å². The number of aliphatic hydroxyl groups is 1. The summed E-state index contributed by atoms with van der Waals surface area (Å²) in [6.07, 6.45) is 1.47. The standard InChI is InChI=1S/C30H36N2O2.2C2H6/c1-23(2)31-18-20-32(21-19-31)27-14-10-25(11-15-27)30(26-12-16-28(34)17-13-26)29(9-6-22-33)24-7-4-3-5-8-24;2*1-2/h3-5,7-8,10-17,23,33-34H,6,9,18-22H2,1-2H3;2*1-2H3/b30-29+;;. The third-order valence-corrected chi connectivity index (χ3v) is 6.73. The average molecular weight is 517 g/mol. The van der Waals surface area contributed by atoms with Gasteiger partial charge in [-0.2, -0.15) is 0 Å². The molecule has 0 bridgehead atoms. The molecule has 4 rings (SSSR count). The van der Waals surface area contributed by atoms with Crippen LogP contribution in [-0.2, 0) is 0 Å².